The number of hydrogen-bond acceptors (Lipinski definition) is 2. The first-order valence-electron chi connectivity index (χ1n) is 7.98. The van der Waals surface area contributed by atoms with Gasteiger partial charge in [-0.2, -0.15) is 0 Å². The molecule has 4 rings (SSSR count). The number of amidine groups is 1. The maximum absolute atomic E-state index is 8.27. The second kappa shape index (κ2) is 5.20. The molecule has 0 saturated carbocycles. The van der Waals surface area contributed by atoms with Gasteiger partial charge in [-0.3, -0.25) is 10.4 Å². The van der Waals surface area contributed by atoms with Crippen molar-refractivity contribution in [2.75, 3.05) is 0 Å². The standard InChI is InChI=1S/C20H19N3/c1-20(18-10-3-2-9-17(18)19(21)23-20)16-8-4-6-14(12-16)15-7-5-11-22-13-15/h4-13H,2-3H2,1H3,(H2,21,23). The van der Waals surface area contributed by atoms with Crippen LogP contribution in [0.4, 0.5) is 0 Å². The first-order valence-corrected chi connectivity index (χ1v) is 7.98. The molecule has 0 spiro atoms. The highest BCUT2D eigenvalue weighted by atomic mass is 15.1. The van der Waals surface area contributed by atoms with Gasteiger partial charge in [0, 0.05) is 18.0 Å². The third kappa shape index (κ3) is 2.20. The summed E-state index contributed by atoms with van der Waals surface area (Å²) in [4.78, 5) is 4.21. The Balaban J connectivity index is 1.81. The summed E-state index contributed by atoms with van der Waals surface area (Å²) in [7, 11) is 0. The summed E-state index contributed by atoms with van der Waals surface area (Å²) in [6.45, 7) is 2.17. The molecular formula is C20H19N3. The van der Waals surface area contributed by atoms with Crippen molar-refractivity contribution in [3.05, 3.63) is 77.7 Å². The summed E-state index contributed by atoms with van der Waals surface area (Å²) in [5.41, 5.74) is 5.41. The zero-order valence-electron chi connectivity index (χ0n) is 13.1. The lowest BCUT2D eigenvalue weighted by atomic mass is 9.81. The molecule has 1 aromatic heterocycles. The van der Waals surface area contributed by atoms with Crippen LogP contribution in [0.2, 0.25) is 0 Å². The number of benzene rings is 1. The SMILES string of the molecule is CC1(c2cccc(-c3cccnc3)c2)NC(=N)C2=CCCC=C21. The minimum Gasteiger partial charge on any atom is -0.357 e. The average Bonchev–Trinajstić information content (AvgIpc) is 2.88. The van der Waals surface area contributed by atoms with Crippen LogP contribution in [0.5, 0.6) is 0 Å². The number of allylic oxidation sites excluding steroid dienone is 2. The van der Waals surface area contributed by atoms with Crippen LogP contribution >= 0.6 is 0 Å². The molecule has 2 N–H and O–H groups in total. The molecular weight excluding hydrogens is 282 g/mol. The van der Waals surface area contributed by atoms with Crippen molar-refractivity contribution in [3.8, 4) is 11.1 Å². The van der Waals surface area contributed by atoms with Gasteiger partial charge in [0.2, 0.25) is 0 Å². The van der Waals surface area contributed by atoms with Gasteiger partial charge in [0.15, 0.2) is 0 Å². The van der Waals surface area contributed by atoms with E-state index >= 15 is 0 Å². The van der Waals surface area contributed by atoms with Crippen molar-refractivity contribution in [1.29, 1.82) is 5.41 Å². The van der Waals surface area contributed by atoms with Crippen molar-refractivity contribution in [2.45, 2.75) is 25.3 Å². The van der Waals surface area contributed by atoms with Crippen molar-refractivity contribution in [1.82, 2.24) is 10.3 Å². The van der Waals surface area contributed by atoms with Crippen LogP contribution in [-0.2, 0) is 5.54 Å². The number of nitrogens with zero attached hydrogens (tertiary/aromatic N) is 1. The fourth-order valence-corrected chi connectivity index (χ4v) is 3.54. The molecule has 2 aliphatic rings. The lowest BCUT2D eigenvalue weighted by molar-refractivity contribution is 0.547. The third-order valence-corrected chi connectivity index (χ3v) is 4.77. The zero-order valence-corrected chi connectivity index (χ0v) is 13.1. The molecule has 1 aliphatic carbocycles. The van der Waals surface area contributed by atoms with E-state index in [1.807, 2.05) is 12.3 Å². The fourth-order valence-electron chi connectivity index (χ4n) is 3.54. The smallest absolute Gasteiger partial charge is 0.126 e. The van der Waals surface area contributed by atoms with Gasteiger partial charge < -0.3 is 5.32 Å². The van der Waals surface area contributed by atoms with Gasteiger partial charge in [0.1, 0.15) is 5.84 Å². The van der Waals surface area contributed by atoms with Gasteiger partial charge in [-0.15, -0.1) is 0 Å². The molecule has 2 aromatic rings. The van der Waals surface area contributed by atoms with Crippen LogP contribution in [0, 0.1) is 5.41 Å². The van der Waals surface area contributed by atoms with E-state index in [-0.39, 0.29) is 5.54 Å². The van der Waals surface area contributed by atoms with E-state index in [0.29, 0.717) is 5.84 Å². The van der Waals surface area contributed by atoms with Crippen LogP contribution in [-0.4, -0.2) is 10.8 Å². The van der Waals surface area contributed by atoms with E-state index < -0.39 is 0 Å². The fraction of sp³-hybridized carbons (Fsp3) is 0.200. The summed E-state index contributed by atoms with van der Waals surface area (Å²) in [6.07, 6.45) is 10.2. The van der Waals surface area contributed by atoms with E-state index in [4.69, 9.17) is 5.41 Å². The summed E-state index contributed by atoms with van der Waals surface area (Å²) in [5, 5.41) is 11.7. The van der Waals surface area contributed by atoms with Crippen molar-refractivity contribution < 1.29 is 0 Å². The summed E-state index contributed by atoms with van der Waals surface area (Å²) in [5.74, 6) is 0.533. The second-order valence-corrected chi connectivity index (χ2v) is 6.26. The van der Waals surface area contributed by atoms with E-state index in [0.717, 1.165) is 29.5 Å². The van der Waals surface area contributed by atoms with E-state index in [2.05, 4.69) is 59.7 Å². The van der Waals surface area contributed by atoms with Gasteiger partial charge >= 0.3 is 0 Å². The number of aromatic nitrogens is 1. The Morgan fingerprint density at radius 1 is 1.09 bits per heavy atom. The Bertz CT molecular complexity index is 833. The normalized spacial score (nSPS) is 22.9. The van der Waals surface area contributed by atoms with Gasteiger partial charge in [-0.1, -0.05) is 36.4 Å². The zero-order chi connectivity index (χ0) is 15.9. The highest BCUT2D eigenvalue weighted by Crippen LogP contribution is 2.42. The van der Waals surface area contributed by atoms with Crippen LogP contribution in [0.25, 0.3) is 11.1 Å². The van der Waals surface area contributed by atoms with Crippen molar-refractivity contribution >= 4 is 5.84 Å². The molecule has 114 valence electrons. The van der Waals surface area contributed by atoms with Crippen molar-refractivity contribution in [3.63, 3.8) is 0 Å². The Morgan fingerprint density at radius 3 is 2.74 bits per heavy atom. The number of pyridine rings is 1. The molecule has 1 aromatic carbocycles. The minimum absolute atomic E-state index is 0.332. The molecule has 3 heteroatoms. The highest BCUT2D eigenvalue weighted by molar-refractivity contribution is 6.05. The first-order chi connectivity index (χ1) is 11.2. The molecule has 1 saturated heterocycles. The Labute approximate surface area is 136 Å². The van der Waals surface area contributed by atoms with E-state index in [1.165, 1.54) is 11.1 Å². The number of hydrogen-bond donors (Lipinski definition) is 2. The summed E-state index contributed by atoms with van der Waals surface area (Å²) in [6, 6.07) is 12.6. The lowest BCUT2D eigenvalue weighted by Crippen LogP contribution is -2.36. The molecule has 0 amide bonds. The second-order valence-electron chi connectivity index (χ2n) is 6.26. The minimum atomic E-state index is -0.332. The monoisotopic (exact) mass is 301 g/mol. The lowest BCUT2D eigenvalue weighted by Gasteiger charge is -2.28. The van der Waals surface area contributed by atoms with Gasteiger partial charge in [0.05, 0.1) is 5.54 Å². The predicted molar refractivity (Wildman–Crippen MR) is 93.3 cm³/mol. The maximum Gasteiger partial charge on any atom is 0.126 e. The molecule has 2 heterocycles. The predicted octanol–water partition coefficient (Wildman–Crippen LogP) is 4.19. The largest absolute Gasteiger partial charge is 0.357 e. The van der Waals surface area contributed by atoms with Crippen LogP contribution < -0.4 is 5.32 Å². The summed E-state index contributed by atoms with van der Waals surface area (Å²) < 4.78 is 0. The Kier molecular flexibility index (Phi) is 3.15. The Morgan fingerprint density at radius 2 is 1.91 bits per heavy atom. The number of nitrogens with one attached hydrogen (secondary N) is 2. The molecule has 23 heavy (non-hydrogen) atoms. The number of rotatable bonds is 2. The van der Waals surface area contributed by atoms with Crippen LogP contribution in [0.1, 0.15) is 25.3 Å². The topological polar surface area (TPSA) is 48.8 Å². The molecule has 1 aliphatic heterocycles. The van der Waals surface area contributed by atoms with Gasteiger partial charge in [0.25, 0.3) is 0 Å². The molecule has 1 unspecified atom stereocenters. The van der Waals surface area contributed by atoms with Gasteiger partial charge in [-0.05, 0) is 54.2 Å². The maximum atomic E-state index is 8.27. The molecule has 0 bridgehead atoms. The third-order valence-electron chi connectivity index (χ3n) is 4.77. The van der Waals surface area contributed by atoms with Crippen molar-refractivity contribution in [2.24, 2.45) is 0 Å². The quantitative estimate of drug-likeness (QED) is 0.873. The van der Waals surface area contributed by atoms with E-state index in [9.17, 15) is 0 Å². The molecule has 1 fully saturated rings. The highest BCUT2D eigenvalue weighted by Gasteiger charge is 2.41. The van der Waals surface area contributed by atoms with Crippen LogP contribution in [0.3, 0.4) is 0 Å². The number of fused-ring (bicyclic) bond motifs is 1. The van der Waals surface area contributed by atoms with E-state index in [1.54, 1.807) is 6.20 Å². The van der Waals surface area contributed by atoms with Crippen LogP contribution in [0.15, 0.2) is 72.1 Å². The molecule has 0 radical (unpaired) electrons. The first kappa shape index (κ1) is 13.9. The summed E-state index contributed by atoms with van der Waals surface area (Å²) >= 11 is 0. The molecule has 1 atom stereocenters. The average molecular weight is 301 g/mol. The van der Waals surface area contributed by atoms with Gasteiger partial charge in [-0.25, -0.2) is 0 Å². The Hall–Kier alpha value is -2.68. The molecule has 3 nitrogen and oxygen atoms in total.